The Kier molecular flexibility index (Phi) is 4.84. The van der Waals surface area contributed by atoms with Gasteiger partial charge in [0.25, 0.3) is 5.22 Å². The third-order valence-corrected chi connectivity index (χ3v) is 2.35. The molecule has 1 aromatic heterocycles. The quantitative estimate of drug-likeness (QED) is 0.598. The van der Waals surface area contributed by atoms with Crippen molar-refractivity contribution in [3.8, 4) is 0 Å². The lowest BCUT2D eigenvalue weighted by Gasteiger charge is -1.95. The van der Waals surface area contributed by atoms with Crippen molar-refractivity contribution in [1.82, 2.24) is 4.98 Å². The highest BCUT2D eigenvalue weighted by Crippen LogP contribution is 2.18. The molecule has 0 spiro atoms. The number of esters is 1. The van der Waals surface area contributed by atoms with E-state index in [1.807, 2.05) is 0 Å². The van der Waals surface area contributed by atoms with Crippen molar-refractivity contribution in [3.63, 3.8) is 0 Å². The number of thioether (sulfide) groups is 1. The maximum Gasteiger partial charge on any atom is 0.360 e. The first kappa shape index (κ1) is 12.6. The molecular formula is C9H11NO5S. The highest BCUT2D eigenvalue weighted by Gasteiger charge is 2.13. The standard InChI is InChI=1S/C9H11NO5S/c1-2-14-8(13)6-5-15-9(10-6)16-4-3-7(11)12/h5H,2-4H2,1H3,(H,11,12). The number of aliphatic carboxylic acids is 1. The summed E-state index contributed by atoms with van der Waals surface area (Å²) >= 11 is 1.14. The van der Waals surface area contributed by atoms with Gasteiger partial charge in [-0.2, -0.15) is 4.98 Å². The lowest BCUT2D eigenvalue weighted by atomic mass is 10.5. The fourth-order valence-corrected chi connectivity index (χ4v) is 1.58. The number of carbonyl (C=O) groups is 2. The van der Waals surface area contributed by atoms with Crippen LogP contribution in [-0.2, 0) is 9.53 Å². The molecule has 16 heavy (non-hydrogen) atoms. The lowest BCUT2D eigenvalue weighted by Crippen LogP contribution is -2.04. The zero-order valence-electron chi connectivity index (χ0n) is 8.63. The van der Waals surface area contributed by atoms with Crippen molar-refractivity contribution in [1.29, 1.82) is 0 Å². The summed E-state index contributed by atoms with van der Waals surface area (Å²) in [6.07, 6.45) is 1.21. The summed E-state index contributed by atoms with van der Waals surface area (Å²) in [6, 6.07) is 0. The molecule has 0 radical (unpaired) electrons. The van der Waals surface area contributed by atoms with Crippen molar-refractivity contribution in [3.05, 3.63) is 12.0 Å². The van der Waals surface area contributed by atoms with Crippen LogP contribution in [0.25, 0.3) is 0 Å². The predicted molar refractivity (Wildman–Crippen MR) is 55.4 cm³/mol. The van der Waals surface area contributed by atoms with Gasteiger partial charge in [-0.25, -0.2) is 4.79 Å². The van der Waals surface area contributed by atoms with E-state index in [0.29, 0.717) is 5.75 Å². The molecular weight excluding hydrogens is 234 g/mol. The van der Waals surface area contributed by atoms with Gasteiger partial charge in [0.15, 0.2) is 5.69 Å². The van der Waals surface area contributed by atoms with E-state index < -0.39 is 11.9 Å². The first-order valence-electron chi connectivity index (χ1n) is 4.60. The van der Waals surface area contributed by atoms with E-state index in [0.717, 1.165) is 11.8 Å². The third kappa shape index (κ3) is 3.93. The van der Waals surface area contributed by atoms with Crippen LogP contribution in [0.4, 0.5) is 0 Å². The Hall–Kier alpha value is -1.50. The highest BCUT2D eigenvalue weighted by atomic mass is 32.2. The molecule has 1 aromatic rings. The van der Waals surface area contributed by atoms with Crippen LogP contribution >= 0.6 is 11.8 Å². The van der Waals surface area contributed by atoms with Gasteiger partial charge in [0.2, 0.25) is 0 Å². The van der Waals surface area contributed by atoms with Gasteiger partial charge in [-0.05, 0) is 6.92 Å². The minimum absolute atomic E-state index is 0.0157. The van der Waals surface area contributed by atoms with Crippen molar-refractivity contribution >= 4 is 23.7 Å². The number of aromatic nitrogens is 1. The number of carbonyl (C=O) groups excluding carboxylic acids is 1. The topological polar surface area (TPSA) is 89.6 Å². The summed E-state index contributed by atoms with van der Waals surface area (Å²) in [6.45, 7) is 1.97. The first-order valence-corrected chi connectivity index (χ1v) is 5.59. The monoisotopic (exact) mass is 245 g/mol. The number of nitrogens with zero attached hydrogens (tertiary/aromatic N) is 1. The summed E-state index contributed by atoms with van der Waals surface area (Å²) in [5.41, 5.74) is 0.0969. The van der Waals surface area contributed by atoms with Crippen LogP contribution in [0.3, 0.4) is 0 Å². The molecule has 0 saturated carbocycles. The molecule has 0 amide bonds. The van der Waals surface area contributed by atoms with Gasteiger partial charge < -0.3 is 14.3 Å². The summed E-state index contributed by atoms with van der Waals surface area (Å²) < 4.78 is 9.69. The Morgan fingerprint density at radius 2 is 2.38 bits per heavy atom. The Morgan fingerprint density at radius 1 is 1.62 bits per heavy atom. The van der Waals surface area contributed by atoms with Crippen LogP contribution in [0.2, 0.25) is 0 Å². The number of rotatable bonds is 6. The van der Waals surface area contributed by atoms with E-state index >= 15 is 0 Å². The number of carboxylic acids is 1. The van der Waals surface area contributed by atoms with Gasteiger partial charge in [0.05, 0.1) is 13.0 Å². The van der Waals surface area contributed by atoms with E-state index in [1.54, 1.807) is 6.92 Å². The van der Waals surface area contributed by atoms with Crippen LogP contribution in [0.1, 0.15) is 23.8 Å². The Bertz CT molecular complexity index is 376. The summed E-state index contributed by atoms with van der Waals surface area (Å²) in [5.74, 6) is -1.08. The van der Waals surface area contributed by atoms with Crippen molar-refractivity contribution in [2.24, 2.45) is 0 Å². The van der Waals surface area contributed by atoms with Crippen molar-refractivity contribution in [2.45, 2.75) is 18.6 Å². The van der Waals surface area contributed by atoms with Gasteiger partial charge in [-0.3, -0.25) is 4.79 Å². The second-order valence-electron chi connectivity index (χ2n) is 2.71. The molecule has 0 atom stereocenters. The molecule has 1 rings (SSSR count). The van der Waals surface area contributed by atoms with Crippen LogP contribution in [0.5, 0.6) is 0 Å². The second kappa shape index (κ2) is 6.16. The van der Waals surface area contributed by atoms with Crippen molar-refractivity contribution < 1.29 is 23.8 Å². The molecule has 0 aromatic carbocycles. The maximum absolute atomic E-state index is 11.2. The Morgan fingerprint density at radius 3 is 3.00 bits per heavy atom. The summed E-state index contributed by atoms with van der Waals surface area (Å²) in [4.78, 5) is 25.3. The summed E-state index contributed by atoms with van der Waals surface area (Å²) in [5, 5.41) is 8.68. The van der Waals surface area contributed by atoms with Gasteiger partial charge in [-0.1, -0.05) is 11.8 Å². The zero-order valence-corrected chi connectivity index (χ0v) is 9.45. The van der Waals surface area contributed by atoms with E-state index in [9.17, 15) is 9.59 Å². The van der Waals surface area contributed by atoms with Crippen LogP contribution in [0.15, 0.2) is 15.9 Å². The molecule has 0 bridgehead atoms. The number of ether oxygens (including phenoxy) is 1. The summed E-state index contributed by atoms with van der Waals surface area (Å²) in [7, 11) is 0. The number of hydrogen-bond acceptors (Lipinski definition) is 6. The molecule has 0 unspecified atom stereocenters. The molecule has 0 fully saturated rings. The predicted octanol–water partition coefficient (Wildman–Crippen LogP) is 1.42. The van der Waals surface area contributed by atoms with E-state index in [1.165, 1.54) is 6.26 Å². The Labute approximate surface area is 96.0 Å². The SMILES string of the molecule is CCOC(=O)c1coc(SCCC(=O)O)n1. The Balaban J connectivity index is 2.45. The third-order valence-electron chi connectivity index (χ3n) is 1.51. The average Bonchev–Trinajstić information content (AvgIpc) is 2.66. The molecule has 7 heteroatoms. The fourth-order valence-electron chi connectivity index (χ4n) is 0.848. The van der Waals surface area contributed by atoms with E-state index in [-0.39, 0.29) is 23.9 Å². The van der Waals surface area contributed by atoms with Crippen LogP contribution in [-0.4, -0.2) is 34.4 Å². The van der Waals surface area contributed by atoms with Gasteiger partial charge >= 0.3 is 11.9 Å². The molecule has 1 N–H and O–H groups in total. The van der Waals surface area contributed by atoms with E-state index in [4.69, 9.17) is 14.3 Å². The average molecular weight is 245 g/mol. The van der Waals surface area contributed by atoms with Crippen LogP contribution < -0.4 is 0 Å². The molecule has 0 saturated heterocycles. The van der Waals surface area contributed by atoms with E-state index in [2.05, 4.69) is 4.98 Å². The highest BCUT2D eigenvalue weighted by molar-refractivity contribution is 7.99. The maximum atomic E-state index is 11.2. The fraction of sp³-hybridized carbons (Fsp3) is 0.444. The smallest absolute Gasteiger partial charge is 0.360 e. The first-order chi connectivity index (χ1) is 7.63. The van der Waals surface area contributed by atoms with Crippen LogP contribution in [0, 0.1) is 0 Å². The minimum Gasteiger partial charge on any atom is -0.481 e. The van der Waals surface area contributed by atoms with Gasteiger partial charge in [-0.15, -0.1) is 0 Å². The van der Waals surface area contributed by atoms with Gasteiger partial charge in [0, 0.05) is 5.75 Å². The number of oxazole rings is 1. The normalized spacial score (nSPS) is 10.1. The zero-order chi connectivity index (χ0) is 12.0. The molecule has 0 aliphatic carbocycles. The molecule has 0 aliphatic heterocycles. The molecule has 1 heterocycles. The molecule has 0 aliphatic rings. The number of hydrogen-bond donors (Lipinski definition) is 1. The van der Waals surface area contributed by atoms with Gasteiger partial charge in [0.1, 0.15) is 6.26 Å². The lowest BCUT2D eigenvalue weighted by molar-refractivity contribution is -0.136. The molecule has 6 nitrogen and oxygen atoms in total. The minimum atomic E-state index is -0.885. The number of carboxylic acid groups (broad SMARTS) is 1. The largest absolute Gasteiger partial charge is 0.481 e. The second-order valence-corrected chi connectivity index (χ2v) is 3.76. The molecule has 88 valence electrons. The van der Waals surface area contributed by atoms with Crippen molar-refractivity contribution in [2.75, 3.05) is 12.4 Å².